The predicted octanol–water partition coefficient (Wildman–Crippen LogP) is 5.48. The van der Waals surface area contributed by atoms with Gasteiger partial charge < -0.3 is 9.72 Å². The topological polar surface area (TPSA) is 55.0 Å². The molecular weight excluding hydrogens is 412 g/mol. The number of hydrogen-bond acceptors (Lipinski definition) is 4. The Balaban J connectivity index is 1.88. The van der Waals surface area contributed by atoms with Gasteiger partial charge >= 0.3 is 0 Å². The van der Waals surface area contributed by atoms with Gasteiger partial charge in [0.25, 0.3) is 5.56 Å². The average Bonchev–Trinajstić information content (AvgIpc) is 3.09. The fourth-order valence-corrected chi connectivity index (χ4v) is 4.17. The molecule has 130 valence electrons. The molecule has 4 rings (SSSR count). The zero-order valence-corrected chi connectivity index (χ0v) is 16.4. The number of aromatic nitrogens is 2. The molecule has 0 aliphatic heterocycles. The molecule has 2 aromatic carbocycles. The van der Waals surface area contributed by atoms with E-state index in [9.17, 15) is 4.79 Å². The van der Waals surface area contributed by atoms with Gasteiger partial charge in [-0.1, -0.05) is 46.3 Å². The highest BCUT2D eigenvalue weighted by Gasteiger charge is 2.14. The lowest BCUT2D eigenvalue weighted by molar-refractivity contribution is 0.341. The van der Waals surface area contributed by atoms with Gasteiger partial charge in [0, 0.05) is 9.35 Å². The van der Waals surface area contributed by atoms with Gasteiger partial charge in [0.2, 0.25) is 0 Å². The SMILES string of the molecule is CCOc1ccc(Br)cc1-c1nc2sc(-c3ccccc3)cc2c(=O)[nH]1. The molecule has 4 nitrogen and oxygen atoms in total. The zero-order chi connectivity index (χ0) is 18.1. The molecule has 26 heavy (non-hydrogen) atoms. The molecule has 0 saturated heterocycles. The molecular formula is C20H15BrN2O2S. The van der Waals surface area contributed by atoms with E-state index in [1.165, 1.54) is 11.3 Å². The molecule has 2 heterocycles. The first kappa shape index (κ1) is 17.0. The van der Waals surface area contributed by atoms with Gasteiger partial charge in [-0.05, 0) is 36.8 Å². The Labute approximate surface area is 162 Å². The third-order valence-corrected chi connectivity index (χ3v) is 5.53. The first-order chi connectivity index (χ1) is 12.7. The standard InChI is InChI=1S/C20H15BrN2O2S/c1-2-25-16-9-8-13(21)10-14(16)18-22-19(24)15-11-17(26-20(15)23-18)12-6-4-3-5-7-12/h3-11H,2H2,1H3,(H,22,23,24). The van der Waals surface area contributed by atoms with Gasteiger partial charge in [-0.3, -0.25) is 4.79 Å². The second-order valence-corrected chi connectivity index (χ2v) is 7.63. The fourth-order valence-electron chi connectivity index (χ4n) is 2.77. The molecule has 0 fully saturated rings. The highest BCUT2D eigenvalue weighted by atomic mass is 79.9. The fraction of sp³-hybridized carbons (Fsp3) is 0.100. The lowest BCUT2D eigenvalue weighted by Gasteiger charge is -2.10. The third kappa shape index (κ3) is 3.18. The molecule has 0 saturated carbocycles. The average molecular weight is 427 g/mol. The number of nitrogens with zero attached hydrogens (tertiary/aromatic N) is 1. The van der Waals surface area contributed by atoms with Crippen LogP contribution in [0.1, 0.15) is 6.92 Å². The van der Waals surface area contributed by atoms with Gasteiger partial charge in [-0.15, -0.1) is 11.3 Å². The summed E-state index contributed by atoms with van der Waals surface area (Å²) in [6.45, 7) is 2.47. The summed E-state index contributed by atoms with van der Waals surface area (Å²) < 4.78 is 6.59. The number of aromatic amines is 1. The Kier molecular flexibility index (Phi) is 4.61. The van der Waals surface area contributed by atoms with Crippen molar-refractivity contribution in [2.24, 2.45) is 0 Å². The molecule has 0 spiro atoms. The number of nitrogens with one attached hydrogen (secondary N) is 1. The maximum atomic E-state index is 12.6. The molecule has 0 aliphatic rings. The highest BCUT2D eigenvalue weighted by Crippen LogP contribution is 2.34. The van der Waals surface area contributed by atoms with Crippen LogP contribution in [0.5, 0.6) is 5.75 Å². The highest BCUT2D eigenvalue weighted by molar-refractivity contribution is 9.10. The summed E-state index contributed by atoms with van der Waals surface area (Å²) in [5, 5.41) is 0.602. The largest absolute Gasteiger partial charge is 0.493 e. The van der Waals surface area contributed by atoms with Gasteiger partial charge in [-0.25, -0.2) is 4.98 Å². The Morgan fingerprint density at radius 2 is 1.96 bits per heavy atom. The van der Waals surface area contributed by atoms with E-state index in [4.69, 9.17) is 9.72 Å². The minimum atomic E-state index is -0.147. The van der Waals surface area contributed by atoms with E-state index in [-0.39, 0.29) is 5.56 Å². The third-order valence-electron chi connectivity index (χ3n) is 3.96. The van der Waals surface area contributed by atoms with Crippen LogP contribution >= 0.6 is 27.3 Å². The van der Waals surface area contributed by atoms with E-state index in [1.807, 2.05) is 61.5 Å². The van der Waals surface area contributed by atoms with Crippen molar-refractivity contribution in [3.8, 4) is 27.6 Å². The molecule has 0 radical (unpaired) electrons. The van der Waals surface area contributed by atoms with Crippen molar-refractivity contribution < 1.29 is 4.74 Å². The summed E-state index contributed by atoms with van der Waals surface area (Å²) in [7, 11) is 0. The molecule has 0 unspecified atom stereocenters. The monoisotopic (exact) mass is 426 g/mol. The summed E-state index contributed by atoms with van der Waals surface area (Å²) in [5.41, 5.74) is 1.69. The number of halogens is 1. The Morgan fingerprint density at radius 3 is 2.73 bits per heavy atom. The lowest BCUT2D eigenvalue weighted by Crippen LogP contribution is -2.08. The number of ether oxygens (including phenoxy) is 1. The summed E-state index contributed by atoms with van der Waals surface area (Å²) in [6, 6.07) is 17.6. The van der Waals surface area contributed by atoms with Crippen molar-refractivity contribution in [2.45, 2.75) is 6.92 Å². The quantitative estimate of drug-likeness (QED) is 0.469. The molecule has 2 aromatic heterocycles. The first-order valence-corrected chi connectivity index (χ1v) is 9.78. The molecule has 0 amide bonds. The molecule has 0 aliphatic carbocycles. The van der Waals surface area contributed by atoms with E-state index in [0.717, 1.165) is 20.5 Å². The van der Waals surface area contributed by atoms with Gasteiger partial charge in [0.1, 0.15) is 16.4 Å². The van der Waals surface area contributed by atoms with Gasteiger partial charge in [0.05, 0.1) is 17.6 Å². The van der Waals surface area contributed by atoms with E-state index in [2.05, 4.69) is 20.9 Å². The van der Waals surface area contributed by atoms with Crippen LogP contribution in [0.4, 0.5) is 0 Å². The van der Waals surface area contributed by atoms with Crippen molar-refractivity contribution in [1.29, 1.82) is 0 Å². The van der Waals surface area contributed by atoms with Crippen LogP contribution < -0.4 is 10.3 Å². The van der Waals surface area contributed by atoms with Crippen LogP contribution in [0.3, 0.4) is 0 Å². The van der Waals surface area contributed by atoms with Gasteiger partial charge in [0.15, 0.2) is 0 Å². The number of benzene rings is 2. The van der Waals surface area contributed by atoms with Crippen molar-refractivity contribution in [3.63, 3.8) is 0 Å². The lowest BCUT2D eigenvalue weighted by atomic mass is 10.1. The van der Waals surface area contributed by atoms with E-state index in [0.29, 0.717) is 28.4 Å². The number of thiophene rings is 1. The first-order valence-electron chi connectivity index (χ1n) is 8.17. The number of hydrogen-bond donors (Lipinski definition) is 1. The summed E-state index contributed by atoms with van der Waals surface area (Å²) in [4.78, 5) is 22.0. The maximum Gasteiger partial charge on any atom is 0.259 e. The summed E-state index contributed by atoms with van der Waals surface area (Å²) in [5.74, 6) is 1.20. The van der Waals surface area contributed by atoms with Crippen LogP contribution in [0.15, 0.2) is 63.9 Å². The van der Waals surface area contributed by atoms with Crippen LogP contribution in [0.25, 0.3) is 32.0 Å². The summed E-state index contributed by atoms with van der Waals surface area (Å²) in [6.07, 6.45) is 0. The Morgan fingerprint density at radius 1 is 1.15 bits per heavy atom. The van der Waals surface area contributed by atoms with E-state index in [1.54, 1.807) is 0 Å². The second kappa shape index (κ2) is 7.05. The molecule has 1 N–H and O–H groups in total. The van der Waals surface area contributed by atoms with Gasteiger partial charge in [-0.2, -0.15) is 0 Å². The Hall–Kier alpha value is -2.44. The number of rotatable bonds is 4. The maximum absolute atomic E-state index is 12.6. The van der Waals surface area contributed by atoms with Crippen LogP contribution in [-0.4, -0.2) is 16.6 Å². The minimum Gasteiger partial charge on any atom is -0.493 e. The van der Waals surface area contributed by atoms with Crippen molar-refractivity contribution in [2.75, 3.05) is 6.61 Å². The van der Waals surface area contributed by atoms with Crippen molar-refractivity contribution in [1.82, 2.24) is 9.97 Å². The molecule has 4 aromatic rings. The van der Waals surface area contributed by atoms with Crippen molar-refractivity contribution >= 4 is 37.5 Å². The smallest absolute Gasteiger partial charge is 0.259 e. The number of fused-ring (bicyclic) bond motifs is 1. The molecule has 6 heteroatoms. The zero-order valence-electron chi connectivity index (χ0n) is 14.0. The number of H-pyrrole nitrogens is 1. The van der Waals surface area contributed by atoms with Crippen LogP contribution in [-0.2, 0) is 0 Å². The van der Waals surface area contributed by atoms with Crippen LogP contribution in [0, 0.1) is 0 Å². The normalized spacial score (nSPS) is 11.0. The second-order valence-electron chi connectivity index (χ2n) is 5.68. The molecule has 0 atom stereocenters. The molecule has 0 bridgehead atoms. The minimum absolute atomic E-state index is 0.147. The van der Waals surface area contributed by atoms with E-state index >= 15 is 0 Å². The van der Waals surface area contributed by atoms with Crippen molar-refractivity contribution in [3.05, 3.63) is 69.4 Å². The summed E-state index contributed by atoms with van der Waals surface area (Å²) >= 11 is 4.99. The van der Waals surface area contributed by atoms with Crippen LogP contribution in [0.2, 0.25) is 0 Å². The van der Waals surface area contributed by atoms with E-state index < -0.39 is 0 Å². The predicted molar refractivity (Wildman–Crippen MR) is 110 cm³/mol. The Bertz CT molecular complexity index is 1140.